The highest BCUT2D eigenvalue weighted by Crippen LogP contribution is 2.31. The van der Waals surface area contributed by atoms with Gasteiger partial charge < -0.3 is 4.90 Å². The maximum atomic E-state index is 12.8. The number of rotatable bonds is 2. The average molecular weight is 388 g/mol. The van der Waals surface area contributed by atoms with Gasteiger partial charge >= 0.3 is 12.2 Å². The van der Waals surface area contributed by atoms with Crippen molar-refractivity contribution in [3.8, 4) is 0 Å². The van der Waals surface area contributed by atoms with E-state index >= 15 is 0 Å². The summed E-state index contributed by atoms with van der Waals surface area (Å²) in [5.74, 6) is 0. The van der Waals surface area contributed by atoms with Crippen molar-refractivity contribution in [2.45, 2.75) is 11.1 Å². The van der Waals surface area contributed by atoms with Gasteiger partial charge in [0.1, 0.15) is 6.33 Å². The van der Waals surface area contributed by atoms with Crippen molar-refractivity contribution < 1.29 is 26.4 Å². The standard InChI is InChI=1S/C15H15F3N4O3S/c16-15(17,18)12-2-1-3-13(10-12)26(24,25)22-8-6-20(7-9-22)14(23)21-5-4-19-11-21/h1-5,10-11H,6-9H2. The zero-order chi connectivity index (χ0) is 18.9. The molecule has 26 heavy (non-hydrogen) atoms. The van der Waals surface area contributed by atoms with Crippen molar-refractivity contribution >= 4 is 16.1 Å². The third-order valence-corrected chi connectivity index (χ3v) is 5.93. The summed E-state index contributed by atoms with van der Waals surface area (Å²) in [6.07, 6.45) is -0.351. The Hall–Kier alpha value is -2.40. The van der Waals surface area contributed by atoms with E-state index in [1.165, 1.54) is 28.2 Å². The van der Waals surface area contributed by atoms with Crippen LogP contribution in [0.2, 0.25) is 0 Å². The number of alkyl halides is 3. The van der Waals surface area contributed by atoms with Gasteiger partial charge in [0, 0.05) is 38.6 Å². The maximum Gasteiger partial charge on any atom is 0.416 e. The lowest BCUT2D eigenvalue weighted by atomic mass is 10.2. The molecule has 3 rings (SSSR count). The molecule has 2 heterocycles. The van der Waals surface area contributed by atoms with Gasteiger partial charge in [-0.1, -0.05) is 6.07 Å². The molecule has 0 saturated carbocycles. The summed E-state index contributed by atoms with van der Waals surface area (Å²) in [5.41, 5.74) is -1.02. The minimum absolute atomic E-state index is 0.000976. The summed E-state index contributed by atoms with van der Waals surface area (Å²) in [7, 11) is -4.07. The average Bonchev–Trinajstić information content (AvgIpc) is 3.15. The van der Waals surface area contributed by atoms with E-state index in [9.17, 15) is 26.4 Å². The highest BCUT2D eigenvalue weighted by Gasteiger charge is 2.34. The number of imidazole rings is 1. The van der Waals surface area contributed by atoms with Crippen LogP contribution in [0, 0.1) is 0 Å². The largest absolute Gasteiger partial charge is 0.416 e. The van der Waals surface area contributed by atoms with Crippen molar-refractivity contribution in [1.82, 2.24) is 18.8 Å². The van der Waals surface area contributed by atoms with Crippen LogP contribution < -0.4 is 0 Å². The monoisotopic (exact) mass is 388 g/mol. The normalized spacial score (nSPS) is 16.7. The van der Waals surface area contributed by atoms with Crippen LogP contribution in [-0.4, -0.2) is 59.4 Å². The summed E-state index contributed by atoms with van der Waals surface area (Å²) in [4.78, 5) is 17.0. The number of benzene rings is 1. The van der Waals surface area contributed by atoms with Gasteiger partial charge in [0.2, 0.25) is 10.0 Å². The molecule has 0 radical (unpaired) electrons. The molecule has 1 aliphatic rings. The van der Waals surface area contributed by atoms with Gasteiger partial charge in [0.25, 0.3) is 0 Å². The molecule has 1 aromatic heterocycles. The van der Waals surface area contributed by atoms with Crippen LogP contribution in [0.25, 0.3) is 0 Å². The number of halogens is 3. The Morgan fingerprint density at radius 2 is 1.81 bits per heavy atom. The first-order chi connectivity index (χ1) is 12.2. The van der Waals surface area contributed by atoms with Crippen molar-refractivity contribution in [3.05, 3.63) is 48.5 Å². The molecule has 0 aliphatic carbocycles. The minimum atomic E-state index is -4.62. The Bertz CT molecular complexity index is 889. The van der Waals surface area contributed by atoms with Crippen LogP contribution >= 0.6 is 0 Å². The van der Waals surface area contributed by atoms with Gasteiger partial charge in [-0.3, -0.25) is 4.57 Å². The Labute approximate surface area is 147 Å². The first-order valence-corrected chi connectivity index (χ1v) is 9.08. The zero-order valence-corrected chi connectivity index (χ0v) is 14.2. The molecule has 1 fully saturated rings. The van der Waals surface area contributed by atoms with Gasteiger partial charge in [-0.05, 0) is 18.2 Å². The second-order valence-corrected chi connectivity index (χ2v) is 7.61. The summed E-state index contributed by atoms with van der Waals surface area (Å²) >= 11 is 0. The molecule has 2 aromatic rings. The molecule has 11 heteroatoms. The van der Waals surface area contributed by atoms with E-state index in [-0.39, 0.29) is 32.2 Å². The lowest BCUT2D eigenvalue weighted by Crippen LogP contribution is -2.51. The smallest absolute Gasteiger partial charge is 0.321 e. The maximum absolute atomic E-state index is 12.8. The third-order valence-electron chi connectivity index (χ3n) is 4.03. The van der Waals surface area contributed by atoms with E-state index < -0.39 is 26.7 Å². The second-order valence-electron chi connectivity index (χ2n) is 5.67. The predicted octanol–water partition coefficient (Wildman–Crippen LogP) is 1.88. The molecule has 140 valence electrons. The van der Waals surface area contributed by atoms with Crippen LogP contribution in [-0.2, 0) is 16.2 Å². The number of carbonyl (C=O) groups excluding carboxylic acids is 1. The molecule has 1 saturated heterocycles. The molecular formula is C15H15F3N4O3S. The first-order valence-electron chi connectivity index (χ1n) is 7.64. The fourth-order valence-corrected chi connectivity index (χ4v) is 4.11. The number of aromatic nitrogens is 2. The Morgan fingerprint density at radius 3 is 2.38 bits per heavy atom. The van der Waals surface area contributed by atoms with Crippen molar-refractivity contribution in [3.63, 3.8) is 0 Å². The van der Waals surface area contributed by atoms with Crippen molar-refractivity contribution in [2.75, 3.05) is 26.2 Å². The predicted molar refractivity (Wildman–Crippen MR) is 84.8 cm³/mol. The van der Waals surface area contributed by atoms with E-state index in [1.54, 1.807) is 0 Å². The molecule has 1 aliphatic heterocycles. The third kappa shape index (κ3) is 3.58. The summed E-state index contributed by atoms with van der Waals surface area (Å²) in [5, 5.41) is 0. The number of hydrogen-bond acceptors (Lipinski definition) is 4. The van der Waals surface area contributed by atoms with Crippen molar-refractivity contribution in [2.24, 2.45) is 0 Å². The van der Waals surface area contributed by atoms with Gasteiger partial charge in [-0.2, -0.15) is 17.5 Å². The highest BCUT2D eigenvalue weighted by atomic mass is 32.2. The van der Waals surface area contributed by atoms with E-state index in [1.807, 2.05) is 0 Å². The lowest BCUT2D eigenvalue weighted by Gasteiger charge is -2.33. The molecule has 0 atom stereocenters. The Balaban J connectivity index is 1.73. The second kappa shape index (κ2) is 6.72. The molecule has 7 nitrogen and oxygen atoms in total. The van der Waals surface area contributed by atoms with Crippen LogP contribution in [0.3, 0.4) is 0 Å². The topological polar surface area (TPSA) is 75.5 Å². The van der Waals surface area contributed by atoms with Crippen LogP contribution in [0.15, 0.2) is 47.9 Å². The zero-order valence-electron chi connectivity index (χ0n) is 13.4. The number of amides is 1. The Kier molecular flexibility index (Phi) is 4.76. The van der Waals surface area contributed by atoms with Crippen molar-refractivity contribution in [1.29, 1.82) is 0 Å². The number of carbonyl (C=O) groups is 1. The summed E-state index contributed by atoms with van der Waals surface area (Å²) in [6.45, 7) is 0.266. The van der Waals surface area contributed by atoms with E-state index in [0.29, 0.717) is 6.07 Å². The van der Waals surface area contributed by atoms with Gasteiger partial charge in [0.15, 0.2) is 0 Å². The molecular weight excluding hydrogens is 373 g/mol. The SMILES string of the molecule is O=C(N1CCN(S(=O)(=O)c2cccc(C(F)(F)F)c2)CC1)n1ccnc1. The molecule has 0 unspecified atom stereocenters. The van der Waals surface area contributed by atoms with E-state index in [4.69, 9.17) is 0 Å². The van der Waals surface area contributed by atoms with E-state index in [2.05, 4.69) is 4.98 Å². The molecule has 1 amide bonds. The molecule has 0 N–H and O–H groups in total. The number of piperazine rings is 1. The molecule has 0 spiro atoms. The van der Waals surface area contributed by atoms with Crippen LogP contribution in [0.4, 0.5) is 18.0 Å². The van der Waals surface area contributed by atoms with Gasteiger partial charge in [-0.15, -0.1) is 0 Å². The first kappa shape index (κ1) is 18.4. The lowest BCUT2D eigenvalue weighted by molar-refractivity contribution is -0.137. The molecule has 1 aromatic carbocycles. The fourth-order valence-electron chi connectivity index (χ4n) is 2.64. The van der Waals surface area contributed by atoms with Gasteiger partial charge in [-0.25, -0.2) is 18.2 Å². The number of nitrogens with zero attached hydrogens (tertiary/aromatic N) is 4. The summed E-state index contributed by atoms with van der Waals surface area (Å²) < 4.78 is 66.0. The highest BCUT2D eigenvalue weighted by molar-refractivity contribution is 7.89. The van der Waals surface area contributed by atoms with Gasteiger partial charge in [0.05, 0.1) is 10.5 Å². The number of hydrogen-bond donors (Lipinski definition) is 0. The van der Waals surface area contributed by atoms with Crippen LogP contribution in [0.5, 0.6) is 0 Å². The van der Waals surface area contributed by atoms with Crippen LogP contribution in [0.1, 0.15) is 5.56 Å². The quantitative estimate of drug-likeness (QED) is 0.787. The van der Waals surface area contributed by atoms with E-state index in [0.717, 1.165) is 22.5 Å². The molecule has 0 bridgehead atoms. The fraction of sp³-hybridized carbons (Fsp3) is 0.333. The number of sulfonamides is 1. The minimum Gasteiger partial charge on any atom is -0.321 e. The summed E-state index contributed by atoms with van der Waals surface area (Å²) in [6, 6.07) is 3.31. The Morgan fingerprint density at radius 1 is 1.12 bits per heavy atom.